The number of nitrogens with zero attached hydrogens (tertiary/aromatic N) is 1. The van der Waals surface area contributed by atoms with Gasteiger partial charge in [0, 0.05) is 5.02 Å². The molecule has 1 aliphatic heterocycles. The van der Waals surface area contributed by atoms with Crippen LogP contribution in [0.3, 0.4) is 0 Å². The highest BCUT2D eigenvalue weighted by atomic mass is 127. The largest absolute Gasteiger partial charge is 0.490 e. The molecule has 6 nitrogen and oxygen atoms in total. The van der Waals surface area contributed by atoms with E-state index >= 15 is 0 Å². The van der Waals surface area contributed by atoms with Gasteiger partial charge in [-0.3, -0.25) is 0 Å². The summed E-state index contributed by atoms with van der Waals surface area (Å²) in [5, 5.41) is 0.653. The van der Waals surface area contributed by atoms with Crippen molar-refractivity contribution in [3.8, 4) is 11.5 Å². The second kappa shape index (κ2) is 9.57. The van der Waals surface area contributed by atoms with Crippen molar-refractivity contribution >= 4 is 52.1 Å². The van der Waals surface area contributed by atoms with Gasteiger partial charge in [0.1, 0.15) is 6.61 Å². The van der Waals surface area contributed by atoms with Gasteiger partial charge in [0.15, 0.2) is 23.0 Å². The second-order valence-electron chi connectivity index (χ2n) is 6.49. The van der Waals surface area contributed by atoms with Gasteiger partial charge >= 0.3 is 5.97 Å². The highest BCUT2D eigenvalue weighted by molar-refractivity contribution is 14.1. The Kier molecular flexibility index (Phi) is 6.62. The maximum atomic E-state index is 12.2. The van der Waals surface area contributed by atoms with Crippen LogP contribution in [0.2, 0.25) is 5.02 Å². The van der Waals surface area contributed by atoms with Crippen molar-refractivity contribution in [3.63, 3.8) is 0 Å². The first-order chi connectivity index (χ1) is 15.0. The summed E-state index contributed by atoms with van der Waals surface area (Å²) in [6.07, 6.45) is 3.13. The van der Waals surface area contributed by atoms with Crippen molar-refractivity contribution < 1.29 is 23.4 Å². The number of hydrogen-bond donors (Lipinski definition) is 0. The van der Waals surface area contributed by atoms with Gasteiger partial charge in [-0.15, -0.1) is 0 Å². The molecule has 0 spiro atoms. The number of carbonyl (C=O) groups is 1. The van der Waals surface area contributed by atoms with E-state index in [0.29, 0.717) is 35.5 Å². The van der Waals surface area contributed by atoms with Crippen LogP contribution in [0.5, 0.6) is 11.5 Å². The fourth-order valence-electron chi connectivity index (χ4n) is 2.93. The van der Waals surface area contributed by atoms with E-state index in [2.05, 4.69) is 27.6 Å². The summed E-state index contributed by atoms with van der Waals surface area (Å²) in [5.74, 6) is 1.19. The average Bonchev–Trinajstić information content (AvgIpc) is 3.38. The predicted octanol–water partition coefficient (Wildman–Crippen LogP) is 5.86. The lowest BCUT2D eigenvalue weighted by Crippen LogP contribution is -2.04. The molecule has 4 rings (SSSR count). The van der Waals surface area contributed by atoms with Gasteiger partial charge in [-0.05, 0) is 83.1 Å². The molecular weight excluding hydrogens is 533 g/mol. The lowest BCUT2D eigenvalue weighted by Gasteiger charge is -2.15. The number of furan rings is 1. The third kappa shape index (κ3) is 5.11. The summed E-state index contributed by atoms with van der Waals surface area (Å²) in [6, 6.07) is 14.6. The number of carbonyl (C=O) groups excluding carboxylic acids is 1. The molecule has 0 N–H and O–H groups in total. The van der Waals surface area contributed by atoms with E-state index in [1.54, 1.807) is 24.3 Å². The molecule has 0 unspecified atom stereocenters. The summed E-state index contributed by atoms with van der Waals surface area (Å²) >= 11 is 8.23. The Bertz CT molecular complexity index is 1170. The maximum absolute atomic E-state index is 12.2. The topological polar surface area (TPSA) is 70.3 Å². The molecule has 0 atom stereocenters. The standard InChI is InChI=1S/C23H17ClINO5/c1-2-28-20-12-15(11-18-23(27)31-22(26-18)19-7-4-8-29-19)10-17(25)21(20)30-13-14-5-3-6-16(24)9-14/h3-12H,2,13H2,1H3. The van der Waals surface area contributed by atoms with Crippen molar-refractivity contribution in [2.75, 3.05) is 6.61 Å². The van der Waals surface area contributed by atoms with Crippen molar-refractivity contribution in [2.45, 2.75) is 13.5 Å². The van der Waals surface area contributed by atoms with Crippen molar-refractivity contribution in [1.29, 1.82) is 0 Å². The third-order valence-corrected chi connectivity index (χ3v) is 5.30. The summed E-state index contributed by atoms with van der Waals surface area (Å²) in [7, 11) is 0. The van der Waals surface area contributed by atoms with Crippen LogP contribution in [0.1, 0.15) is 23.8 Å². The Morgan fingerprint density at radius 2 is 2.03 bits per heavy atom. The predicted molar refractivity (Wildman–Crippen MR) is 125 cm³/mol. The third-order valence-electron chi connectivity index (χ3n) is 4.26. The van der Waals surface area contributed by atoms with Gasteiger partial charge in [-0.2, -0.15) is 0 Å². The van der Waals surface area contributed by atoms with Crippen LogP contribution in [-0.2, 0) is 16.1 Å². The number of rotatable bonds is 7. The zero-order valence-corrected chi connectivity index (χ0v) is 19.3. The van der Waals surface area contributed by atoms with E-state index in [1.807, 2.05) is 37.3 Å². The molecule has 0 aliphatic carbocycles. The van der Waals surface area contributed by atoms with E-state index in [0.717, 1.165) is 14.7 Å². The van der Waals surface area contributed by atoms with Gasteiger partial charge in [0.2, 0.25) is 0 Å². The molecule has 0 saturated heterocycles. The van der Waals surface area contributed by atoms with E-state index < -0.39 is 5.97 Å². The fourth-order valence-corrected chi connectivity index (χ4v) is 3.92. The lowest BCUT2D eigenvalue weighted by atomic mass is 10.1. The molecule has 0 saturated carbocycles. The maximum Gasteiger partial charge on any atom is 0.363 e. The first kappa shape index (κ1) is 21.5. The summed E-state index contributed by atoms with van der Waals surface area (Å²) in [4.78, 5) is 16.5. The smallest absolute Gasteiger partial charge is 0.363 e. The Hall–Kier alpha value is -2.78. The molecule has 3 aromatic rings. The summed E-state index contributed by atoms with van der Waals surface area (Å²) < 4.78 is 23.1. The summed E-state index contributed by atoms with van der Waals surface area (Å²) in [5.41, 5.74) is 1.86. The van der Waals surface area contributed by atoms with Crippen LogP contribution in [0.25, 0.3) is 6.08 Å². The molecule has 2 aromatic carbocycles. The second-order valence-corrected chi connectivity index (χ2v) is 8.09. The Labute approximate surface area is 197 Å². The molecule has 0 amide bonds. The van der Waals surface area contributed by atoms with Crippen molar-refractivity contribution in [3.05, 3.63) is 86.0 Å². The zero-order chi connectivity index (χ0) is 21.8. The van der Waals surface area contributed by atoms with Crippen LogP contribution in [0.15, 0.2) is 69.9 Å². The van der Waals surface area contributed by atoms with E-state index in [9.17, 15) is 4.79 Å². The van der Waals surface area contributed by atoms with E-state index in [1.165, 1.54) is 6.26 Å². The van der Waals surface area contributed by atoms with E-state index in [4.69, 9.17) is 30.2 Å². The quantitative estimate of drug-likeness (QED) is 0.210. The number of cyclic esters (lactones) is 1. The van der Waals surface area contributed by atoms with Crippen LogP contribution in [0.4, 0.5) is 0 Å². The number of halogens is 2. The van der Waals surface area contributed by atoms with Gasteiger partial charge in [-0.25, -0.2) is 9.79 Å². The average molecular weight is 550 g/mol. The highest BCUT2D eigenvalue weighted by Gasteiger charge is 2.26. The van der Waals surface area contributed by atoms with Crippen molar-refractivity contribution in [2.24, 2.45) is 4.99 Å². The first-order valence-electron chi connectivity index (χ1n) is 9.43. The van der Waals surface area contributed by atoms with E-state index in [-0.39, 0.29) is 11.6 Å². The minimum Gasteiger partial charge on any atom is -0.490 e. The zero-order valence-electron chi connectivity index (χ0n) is 16.4. The van der Waals surface area contributed by atoms with Crippen LogP contribution in [-0.4, -0.2) is 18.5 Å². The Morgan fingerprint density at radius 3 is 2.77 bits per heavy atom. The summed E-state index contributed by atoms with van der Waals surface area (Å²) in [6.45, 7) is 2.71. The Balaban J connectivity index is 1.61. The normalized spacial score (nSPS) is 14.5. The van der Waals surface area contributed by atoms with Gasteiger partial charge in [0.25, 0.3) is 5.90 Å². The molecule has 2 heterocycles. The van der Waals surface area contributed by atoms with Gasteiger partial charge in [0.05, 0.1) is 16.4 Å². The molecule has 158 valence electrons. The van der Waals surface area contributed by atoms with Crippen molar-refractivity contribution in [1.82, 2.24) is 0 Å². The van der Waals surface area contributed by atoms with Gasteiger partial charge in [-0.1, -0.05) is 23.7 Å². The molecular formula is C23H17ClINO5. The SMILES string of the molecule is CCOc1cc(C=C2N=C(c3ccco3)OC2=O)cc(I)c1OCc1cccc(Cl)c1. The molecule has 1 aliphatic rings. The number of ether oxygens (including phenoxy) is 3. The highest BCUT2D eigenvalue weighted by Crippen LogP contribution is 2.36. The minimum atomic E-state index is -0.541. The van der Waals surface area contributed by atoms with Crippen LogP contribution in [0, 0.1) is 3.57 Å². The van der Waals surface area contributed by atoms with Crippen LogP contribution >= 0.6 is 34.2 Å². The van der Waals surface area contributed by atoms with Crippen LogP contribution < -0.4 is 9.47 Å². The Morgan fingerprint density at radius 1 is 1.16 bits per heavy atom. The molecule has 0 bridgehead atoms. The molecule has 0 fully saturated rings. The molecule has 31 heavy (non-hydrogen) atoms. The number of hydrogen-bond acceptors (Lipinski definition) is 6. The number of aliphatic imine (C=N–C) groups is 1. The fraction of sp³-hybridized carbons (Fsp3) is 0.130. The number of benzene rings is 2. The first-order valence-corrected chi connectivity index (χ1v) is 10.9. The molecule has 8 heteroatoms. The monoisotopic (exact) mass is 549 g/mol. The van der Waals surface area contributed by atoms with Gasteiger partial charge < -0.3 is 18.6 Å². The lowest BCUT2D eigenvalue weighted by molar-refractivity contribution is -0.130. The molecule has 0 radical (unpaired) electrons. The minimum absolute atomic E-state index is 0.141. The number of esters is 1. The molecule has 1 aromatic heterocycles.